The number of carbonyl (C=O) groups is 1. The van der Waals surface area contributed by atoms with Gasteiger partial charge in [0.2, 0.25) is 11.8 Å². The first kappa shape index (κ1) is 25.4. The SMILES string of the molecule is Cc1cccc(C)c1-c1cc(OC2CCN(C(=O)c3ccccc3)C2)nc(NS(=O)(=O)c2cnn(C)c2)n1. The monoisotopic (exact) mass is 532 g/mol. The van der Waals surface area contributed by atoms with Gasteiger partial charge in [0.1, 0.15) is 11.0 Å². The number of nitrogens with one attached hydrogen (secondary N) is 1. The summed E-state index contributed by atoms with van der Waals surface area (Å²) in [6, 6.07) is 16.7. The van der Waals surface area contributed by atoms with Crippen LogP contribution < -0.4 is 9.46 Å². The number of amides is 1. The Hall–Kier alpha value is -4.25. The number of aromatic nitrogens is 4. The average molecular weight is 533 g/mol. The van der Waals surface area contributed by atoms with E-state index in [4.69, 9.17) is 4.74 Å². The zero-order chi connectivity index (χ0) is 26.9. The Kier molecular flexibility index (Phi) is 6.85. The topological polar surface area (TPSA) is 119 Å². The number of hydrogen-bond acceptors (Lipinski definition) is 7. The van der Waals surface area contributed by atoms with Crippen LogP contribution in [0.15, 0.2) is 71.9 Å². The fraction of sp³-hybridized carbons (Fsp3) is 0.259. The second-order valence-electron chi connectivity index (χ2n) is 9.28. The summed E-state index contributed by atoms with van der Waals surface area (Å²) >= 11 is 0. The van der Waals surface area contributed by atoms with Crippen LogP contribution in [0.1, 0.15) is 27.9 Å². The lowest BCUT2D eigenvalue weighted by Crippen LogP contribution is -2.31. The van der Waals surface area contributed by atoms with Gasteiger partial charge >= 0.3 is 0 Å². The maximum atomic E-state index is 13.0. The predicted octanol–water partition coefficient (Wildman–Crippen LogP) is 3.59. The van der Waals surface area contributed by atoms with Gasteiger partial charge in [-0.15, -0.1) is 0 Å². The number of aryl methyl sites for hydroxylation is 3. The van der Waals surface area contributed by atoms with Crippen molar-refractivity contribution in [3.8, 4) is 17.1 Å². The van der Waals surface area contributed by atoms with Gasteiger partial charge in [-0.2, -0.15) is 10.1 Å². The van der Waals surface area contributed by atoms with E-state index in [2.05, 4.69) is 19.8 Å². The Morgan fingerprint density at radius 3 is 2.47 bits per heavy atom. The van der Waals surface area contributed by atoms with E-state index in [0.29, 0.717) is 30.8 Å². The summed E-state index contributed by atoms with van der Waals surface area (Å²) in [5, 5.41) is 3.94. The Labute approximate surface area is 221 Å². The van der Waals surface area contributed by atoms with Gasteiger partial charge in [0.15, 0.2) is 0 Å². The van der Waals surface area contributed by atoms with Crippen LogP contribution in [-0.4, -0.2) is 58.2 Å². The molecule has 0 saturated carbocycles. The molecule has 2 aromatic carbocycles. The minimum Gasteiger partial charge on any atom is -0.472 e. The van der Waals surface area contributed by atoms with E-state index in [1.54, 1.807) is 30.1 Å². The summed E-state index contributed by atoms with van der Waals surface area (Å²) in [4.78, 5) is 23.5. The first-order valence-corrected chi connectivity index (χ1v) is 13.7. The smallest absolute Gasteiger partial charge is 0.267 e. The molecule has 1 saturated heterocycles. The van der Waals surface area contributed by atoms with Crippen molar-refractivity contribution in [1.29, 1.82) is 0 Å². The molecule has 11 heteroatoms. The molecule has 10 nitrogen and oxygen atoms in total. The van der Waals surface area contributed by atoms with Gasteiger partial charge < -0.3 is 9.64 Å². The van der Waals surface area contributed by atoms with Gasteiger partial charge in [-0.1, -0.05) is 36.4 Å². The van der Waals surface area contributed by atoms with E-state index in [1.165, 1.54) is 17.1 Å². The Morgan fingerprint density at radius 2 is 1.79 bits per heavy atom. The number of anilines is 1. The molecule has 1 amide bonds. The van der Waals surface area contributed by atoms with E-state index in [0.717, 1.165) is 16.7 Å². The van der Waals surface area contributed by atoms with Gasteiger partial charge in [0.25, 0.3) is 15.9 Å². The van der Waals surface area contributed by atoms with E-state index in [-0.39, 0.29) is 28.7 Å². The van der Waals surface area contributed by atoms with Crippen molar-refractivity contribution < 1.29 is 17.9 Å². The highest BCUT2D eigenvalue weighted by Crippen LogP contribution is 2.30. The van der Waals surface area contributed by atoms with Crippen LogP contribution in [0.2, 0.25) is 0 Å². The molecule has 1 atom stereocenters. The number of likely N-dealkylation sites (tertiary alicyclic amines) is 1. The van der Waals surface area contributed by atoms with Crippen molar-refractivity contribution in [2.24, 2.45) is 7.05 Å². The molecule has 4 aromatic rings. The second kappa shape index (κ2) is 10.3. The summed E-state index contributed by atoms with van der Waals surface area (Å²) in [6.45, 7) is 4.88. The first-order valence-electron chi connectivity index (χ1n) is 12.2. The molecule has 1 aliphatic rings. The highest BCUT2D eigenvalue weighted by Gasteiger charge is 2.29. The van der Waals surface area contributed by atoms with Crippen molar-refractivity contribution in [2.75, 3.05) is 17.8 Å². The van der Waals surface area contributed by atoms with E-state index < -0.39 is 10.0 Å². The molecule has 0 spiro atoms. The molecular formula is C27H28N6O4S. The maximum Gasteiger partial charge on any atom is 0.267 e. The minimum atomic E-state index is -3.97. The molecule has 3 heterocycles. The number of carbonyl (C=O) groups excluding carboxylic acids is 1. The molecule has 1 aliphatic heterocycles. The Balaban J connectivity index is 1.44. The zero-order valence-electron chi connectivity index (χ0n) is 21.3. The van der Waals surface area contributed by atoms with Gasteiger partial charge in [-0.3, -0.25) is 9.48 Å². The lowest BCUT2D eigenvalue weighted by atomic mass is 10.00. The van der Waals surface area contributed by atoms with Crippen LogP contribution in [0.25, 0.3) is 11.3 Å². The van der Waals surface area contributed by atoms with Crippen molar-refractivity contribution in [2.45, 2.75) is 31.3 Å². The van der Waals surface area contributed by atoms with Crippen LogP contribution >= 0.6 is 0 Å². The summed E-state index contributed by atoms with van der Waals surface area (Å²) < 4.78 is 36.0. The molecule has 0 bridgehead atoms. The Morgan fingerprint density at radius 1 is 1.05 bits per heavy atom. The molecule has 1 unspecified atom stereocenters. The quantitative estimate of drug-likeness (QED) is 0.386. The van der Waals surface area contributed by atoms with E-state index in [1.807, 2.05) is 50.2 Å². The number of benzene rings is 2. The molecule has 38 heavy (non-hydrogen) atoms. The largest absolute Gasteiger partial charge is 0.472 e. The highest BCUT2D eigenvalue weighted by atomic mass is 32.2. The van der Waals surface area contributed by atoms with Crippen LogP contribution in [0.4, 0.5) is 5.95 Å². The third-order valence-corrected chi connectivity index (χ3v) is 7.68. The van der Waals surface area contributed by atoms with Crippen molar-refractivity contribution in [1.82, 2.24) is 24.6 Å². The van der Waals surface area contributed by atoms with E-state index >= 15 is 0 Å². The van der Waals surface area contributed by atoms with Gasteiger partial charge in [0, 0.05) is 43.4 Å². The maximum absolute atomic E-state index is 13.0. The van der Waals surface area contributed by atoms with E-state index in [9.17, 15) is 13.2 Å². The molecule has 1 fully saturated rings. The van der Waals surface area contributed by atoms with Crippen LogP contribution in [0.5, 0.6) is 5.88 Å². The Bertz CT molecular complexity index is 1570. The molecule has 196 valence electrons. The van der Waals surface area contributed by atoms with Crippen LogP contribution in [0.3, 0.4) is 0 Å². The average Bonchev–Trinajstić information content (AvgIpc) is 3.53. The molecular weight excluding hydrogens is 504 g/mol. The predicted molar refractivity (Wildman–Crippen MR) is 142 cm³/mol. The zero-order valence-corrected chi connectivity index (χ0v) is 22.1. The number of rotatable bonds is 7. The first-order chi connectivity index (χ1) is 18.2. The van der Waals surface area contributed by atoms with Crippen LogP contribution in [-0.2, 0) is 17.1 Å². The van der Waals surface area contributed by atoms with Gasteiger partial charge in [-0.25, -0.2) is 18.1 Å². The molecule has 5 rings (SSSR count). The molecule has 2 aromatic heterocycles. The third kappa shape index (κ3) is 5.37. The van der Waals surface area contributed by atoms with Gasteiger partial charge in [0.05, 0.1) is 18.4 Å². The normalized spacial score (nSPS) is 15.4. The van der Waals surface area contributed by atoms with Crippen LogP contribution in [0, 0.1) is 13.8 Å². The van der Waals surface area contributed by atoms with Crippen molar-refractivity contribution >= 4 is 21.9 Å². The number of hydrogen-bond donors (Lipinski definition) is 1. The standard InChI is InChI=1S/C27H28N6O4S/c1-18-8-7-9-19(2)25(18)23-14-24(30-27(29-23)31-38(35,36)22-15-28-32(3)17-22)37-21-12-13-33(16-21)26(34)20-10-5-4-6-11-20/h4-11,14-15,17,21H,12-13,16H2,1-3H3,(H,29,30,31). The number of sulfonamides is 1. The lowest BCUT2D eigenvalue weighted by Gasteiger charge is -2.18. The lowest BCUT2D eigenvalue weighted by molar-refractivity contribution is 0.0771. The third-order valence-electron chi connectivity index (χ3n) is 6.40. The minimum absolute atomic E-state index is 0.00518. The summed E-state index contributed by atoms with van der Waals surface area (Å²) in [7, 11) is -2.34. The summed E-state index contributed by atoms with van der Waals surface area (Å²) in [5.74, 6) is 0.0558. The summed E-state index contributed by atoms with van der Waals surface area (Å²) in [6.07, 6.45) is 2.97. The van der Waals surface area contributed by atoms with Crippen molar-refractivity contribution in [3.63, 3.8) is 0 Å². The number of ether oxygens (including phenoxy) is 1. The molecule has 0 aliphatic carbocycles. The van der Waals surface area contributed by atoms with Gasteiger partial charge in [-0.05, 0) is 37.1 Å². The summed E-state index contributed by atoms with van der Waals surface area (Å²) in [5.41, 5.74) is 3.99. The number of nitrogens with zero attached hydrogens (tertiary/aromatic N) is 5. The molecule has 0 radical (unpaired) electrons. The van der Waals surface area contributed by atoms with Crippen molar-refractivity contribution in [3.05, 3.63) is 83.7 Å². The second-order valence-corrected chi connectivity index (χ2v) is 11.0. The highest BCUT2D eigenvalue weighted by molar-refractivity contribution is 7.92. The fourth-order valence-corrected chi connectivity index (χ4v) is 5.46. The molecule has 1 N–H and O–H groups in total. The fourth-order valence-electron chi connectivity index (χ4n) is 4.54.